The van der Waals surface area contributed by atoms with Crippen molar-refractivity contribution < 1.29 is 18.8 Å². The van der Waals surface area contributed by atoms with E-state index in [9.17, 15) is 18.8 Å². The van der Waals surface area contributed by atoms with Gasteiger partial charge in [-0.1, -0.05) is 20.8 Å². The van der Waals surface area contributed by atoms with Crippen LogP contribution in [0, 0.1) is 17.3 Å². The van der Waals surface area contributed by atoms with Crippen molar-refractivity contribution in [2.45, 2.75) is 27.2 Å². The van der Waals surface area contributed by atoms with Gasteiger partial charge >= 0.3 is 0 Å². The summed E-state index contributed by atoms with van der Waals surface area (Å²) in [6.45, 7) is 3.81. The molecule has 3 nitrogen and oxygen atoms in total. The zero-order valence-corrected chi connectivity index (χ0v) is 9.17. The molecule has 0 aromatic carbocycles. The third kappa shape index (κ3) is 1.98. The molecule has 0 aromatic rings. The Morgan fingerprint density at radius 2 is 2.00 bits per heavy atom. The highest BCUT2D eigenvalue weighted by Crippen LogP contribution is 2.37. The van der Waals surface area contributed by atoms with E-state index >= 15 is 0 Å². The van der Waals surface area contributed by atoms with Crippen LogP contribution in [0.2, 0.25) is 0 Å². The monoisotopic (exact) mass is 214 g/mol. The molecule has 1 aliphatic carbocycles. The van der Waals surface area contributed by atoms with Gasteiger partial charge in [-0.15, -0.1) is 0 Å². The van der Waals surface area contributed by atoms with E-state index in [4.69, 9.17) is 0 Å². The van der Waals surface area contributed by atoms with Crippen molar-refractivity contribution >= 4 is 17.3 Å². The van der Waals surface area contributed by atoms with E-state index in [0.29, 0.717) is 6.42 Å². The van der Waals surface area contributed by atoms with Gasteiger partial charge in [0.15, 0.2) is 17.3 Å². The zero-order chi connectivity index (χ0) is 11.8. The second kappa shape index (κ2) is 3.83. The van der Waals surface area contributed by atoms with Gasteiger partial charge in [0.2, 0.25) is 0 Å². The summed E-state index contributed by atoms with van der Waals surface area (Å²) in [5.41, 5.74) is -0.706. The van der Waals surface area contributed by atoms with Crippen molar-refractivity contribution in [2.24, 2.45) is 17.3 Å². The lowest BCUT2D eigenvalue weighted by Crippen LogP contribution is -2.48. The SMILES string of the molecule is CC1CC(C)(C)C(=O)C(C(=O)CF)C1=O. The first-order valence-corrected chi connectivity index (χ1v) is 4.98. The van der Waals surface area contributed by atoms with Crippen LogP contribution in [0.25, 0.3) is 0 Å². The summed E-state index contributed by atoms with van der Waals surface area (Å²) in [7, 11) is 0. The van der Waals surface area contributed by atoms with Gasteiger partial charge in [-0.25, -0.2) is 4.39 Å². The van der Waals surface area contributed by atoms with Crippen LogP contribution in [0.5, 0.6) is 0 Å². The summed E-state index contributed by atoms with van der Waals surface area (Å²) < 4.78 is 12.2. The zero-order valence-electron chi connectivity index (χ0n) is 9.17. The molecule has 1 aliphatic rings. The molecular formula is C11H15FO3. The molecule has 0 aromatic heterocycles. The Morgan fingerprint density at radius 3 is 2.47 bits per heavy atom. The third-order valence-electron chi connectivity index (χ3n) is 2.97. The maximum absolute atomic E-state index is 12.2. The van der Waals surface area contributed by atoms with Crippen molar-refractivity contribution in [1.29, 1.82) is 0 Å². The molecule has 2 unspecified atom stereocenters. The minimum absolute atomic E-state index is 0.349. The van der Waals surface area contributed by atoms with Crippen LogP contribution in [0.4, 0.5) is 4.39 Å². The first kappa shape index (κ1) is 12.0. The van der Waals surface area contributed by atoms with Crippen LogP contribution < -0.4 is 0 Å². The number of hydrogen-bond acceptors (Lipinski definition) is 3. The summed E-state index contributed by atoms with van der Waals surface area (Å²) in [5.74, 6) is -3.48. The quantitative estimate of drug-likeness (QED) is 0.652. The van der Waals surface area contributed by atoms with Crippen LogP contribution in [-0.4, -0.2) is 24.0 Å². The Bertz CT molecular complexity index is 320. The second-order valence-electron chi connectivity index (χ2n) is 4.79. The highest BCUT2D eigenvalue weighted by molar-refractivity contribution is 6.22. The van der Waals surface area contributed by atoms with Crippen LogP contribution in [0.3, 0.4) is 0 Å². The molecule has 15 heavy (non-hydrogen) atoms. The van der Waals surface area contributed by atoms with Gasteiger partial charge in [-0.2, -0.15) is 0 Å². The molecule has 0 bridgehead atoms. The van der Waals surface area contributed by atoms with Crippen molar-refractivity contribution in [1.82, 2.24) is 0 Å². The fraction of sp³-hybridized carbons (Fsp3) is 0.727. The van der Waals surface area contributed by atoms with Crippen LogP contribution in [0.1, 0.15) is 27.2 Å². The van der Waals surface area contributed by atoms with E-state index in [1.807, 2.05) is 0 Å². The van der Waals surface area contributed by atoms with Crippen LogP contribution >= 0.6 is 0 Å². The first-order valence-electron chi connectivity index (χ1n) is 4.98. The van der Waals surface area contributed by atoms with Crippen molar-refractivity contribution in [3.8, 4) is 0 Å². The molecule has 2 atom stereocenters. The maximum atomic E-state index is 12.2. The average Bonchev–Trinajstić information content (AvgIpc) is 2.14. The summed E-state index contributed by atoms with van der Waals surface area (Å²) >= 11 is 0. The Hall–Kier alpha value is -1.06. The van der Waals surface area contributed by atoms with E-state index in [2.05, 4.69) is 0 Å². The second-order valence-corrected chi connectivity index (χ2v) is 4.79. The van der Waals surface area contributed by atoms with Gasteiger partial charge in [0.25, 0.3) is 0 Å². The summed E-state index contributed by atoms with van der Waals surface area (Å²) in [4.78, 5) is 34.6. The predicted octanol–water partition coefficient (Wildman–Crippen LogP) is 1.35. The van der Waals surface area contributed by atoms with E-state index < -0.39 is 35.4 Å². The van der Waals surface area contributed by atoms with Gasteiger partial charge in [-0.05, 0) is 6.42 Å². The molecule has 0 spiro atoms. The van der Waals surface area contributed by atoms with Crippen molar-refractivity contribution in [3.05, 3.63) is 0 Å². The lowest BCUT2D eigenvalue weighted by atomic mass is 9.65. The number of alkyl halides is 1. The van der Waals surface area contributed by atoms with Gasteiger partial charge < -0.3 is 0 Å². The lowest BCUT2D eigenvalue weighted by molar-refractivity contribution is -0.151. The molecule has 0 heterocycles. The standard InChI is InChI=1S/C11H15FO3/c1-6-4-11(2,3)10(15)8(9(6)14)7(13)5-12/h6,8H,4-5H2,1-3H3. The molecule has 0 radical (unpaired) electrons. The third-order valence-corrected chi connectivity index (χ3v) is 2.97. The van der Waals surface area contributed by atoms with Crippen molar-refractivity contribution in [2.75, 3.05) is 6.67 Å². The minimum Gasteiger partial charge on any atom is -0.298 e. The smallest absolute Gasteiger partial charge is 0.181 e. The molecular weight excluding hydrogens is 199 g/mol. The number of hydrogen-bond donors (Lipinski definition) is 0. The number of rotatable bonds is 2. The molecule has 0 amide bonds. The molecule has 1 fully saturated rings. The summed E-state index contributed by atoms with van der Waals surface area (Å²) in [5, 5.41) is 0. The van der Waals surface area contributed by atoms with E-state index in [0.717, 1.165) is 0 Å². The largest absolute Gasteiger partial charge is 0.298 e. The van der Waals surface area contributed by atoms with Crippen LogP contribution in [-0.2, 0) is 14.4 Å². The van der Waals surface area contributed by atoms with E-state index in [-0.39, 0.29) is 5.92 Å². The maximum Gasteiger partial charge on any atom is 0.181 e. The van der Waals surface area contributed by atoms with Crippen LogP contribution in [0.15, 0.2) is 0 Å². The molecule has 4 heteroatoms. The minimum atomic E-state index is -1.37. The fourth-order valence-corrected chi connectivity index (χ4v) is 2.15. The molecule has 1 saturated carbocycles. The average molecular weight is 214 g/mol. The molecule has 1 rings (SSSR count). The highest BCUT2D eigenvalue weighted by Gasteiger charge is 2.48. The van der Waals surface area contributed by atoms with Gasteiger partial charge in [0.05, 0.1) is 0 Å². The number of halogens is 1. The van der Waals surface area contributed by atoms with Crippen molar-refractivity contribution in [3.63, 3.8) is 0 Å². The number of carbonyl (C=O) groups excluding carboxylic acids is 3. The molecule has 0 saturated heterocycles. The predicted molar refractivity (Wildman–Crippen MR) is 52.0 cm³/mol. The number of ketones is 3. The molecule has 84 valence electrons. The summed E-state index contributed by atoms with van der Waals surface area (Å²) in [6.07, 6.45) is 0.431. The lowest BCUT2D eigenvalue weighted by Gasteiger charge is -2.35. The van der Waals surface area contributed by atoms with Gasteiger partial charge in [-0.3, -0.25) is 14.4 Å². The Morgan fingerprint density at radius 1 is 1.47 bits per heavy atom. The highest BCUT2D eigenvalue weighted by atomic mass is 19.1. The van der Waals surface area contributed by atoms with Gasteiger partial charge in [0.1, 0.15) is 12.6 Å². The normalized spacial score (nSPS) is 30.4. The summed E-state index contributed by atoms with van der Waals surface area (Å²) in [6, 6.07) is 0. The fourth-order valence-electron chi connectivity index (χ4n) is 2.15. The Kier molecular flexibility index (Phi) is 3.07. The van der Waals surface area contributed by atoms with E-state index in [1.54, 1.807) is 20.8 Å². The Balaban J connectivity index is 3.06. The topological polar surface area (TPSA) is 51.2 Å². The van der Waals surface area contributed by atoms with Gasteiger partial charge in [0, 0.05) is 11.3 Å². The van der Waals surface area contributed by atoms with E-state index in [1.165, 1.54) is 0 Å². The Labute approximate surface area is 88.0 Å². The first-order chi connectivity index (χ1) is 6.81. The molecule has 0 N–H and O–H groups in total. The number of Topliss-reactive ketones (excluding diaryl/α,β-unsaturated/α-hetero) is 3. The molecule has 0 aliphatic heterocycles. The number of carbonyl (C=O) groups is 3.